The van der Waals surface area contributed by atoms with Crippen LogP contribution in [-0.4, -0.2) is 23.9 Å². The van der Waals surface area contributed by atoms with Gasteiger partial charge in [-0.1, -0.05) is 48.7 Å². The van der Waals surface area contributed by atoms with E-state index in [1.165, 1.54) is 12.8 Å². The predicted molar refractivity (Wildman–Crippen MR) is 96.6 cm³/mol. The molecule has 126 valence electrons. The number of para-hydroxylation sites is 1. The zero-order chi connectivity index (χ0) is 16.8. The van der Waals surface area contributed by atoms with Crippen molar-refractivity contribution in [2.24, 2.45) is 0 Å². The summed E-state index contributed by atoms with van der Waals surface area (Å²) in [6, 6.07) is 15.1. The van der Waals surface area contributed by atoms with Crippen molar-refractivity contribution in [1.82, 2.24) is 4.90 Å². The zero-order valence-corrected chi connectivity index (χ0v) is 14.5. The average Bonchev–Trinajstić information content (AvgIpc) is 2.90. The van der Waals surface area contributed by atoms with E-state index in [9.17, 15) is 4.79 Å². The van der Waals surface area contributed by atoms with Crippen LogP contribution in [0.2, 0.25) is 5.02 Å². The van der Waals surface area contributed by atoms with E-state index in [0.717, 1.165) is 37.1 Å². The van der Waals surface area contributed by atoms with Gasteiger partial charge in [-0.25, -0.2) is 0 Å². The Bertz CT molecular complexity index is 694. The monoisotopic (exact) mass is 343 g/mol. The van der Waals surface area contributed by atoms with Gasteiger partial charge in [-0.2, -0.15) is 0 Å². The Balaban J connectivity index is 1.67. The number of likely N-dealkylation sites (tertiary alicyclic amines) is 1. The molecule has 1 heterocycles. The fourth-order valence-electron chi connectivity index (χ4n) is 2.97. The topological polar surface area (TPSA) is 29.5 Å². The van der Waals surface area contributed by atoms with Gasteiger partial charge in [-0.3, -0.25) is 4.79 Å². The third-order valence-electron chi connectivity index (χ3n) is 4.30. The van der Waals surface area contributed by atoms with Gasteiger partial charge in [-0.15, -0.1) is 0 Å². The summed E-state index contributed by atoms with van der Waals surface area (Å²) in [7, 11) is 0. The van der Waals surface area contributed by atoms with Crippen molar-refractivity contribution in [3.05, 3.63) is 64.7 Å². The minimum Gasteiger partial charge on any atom is -0.487 e. The molecule has 1 aliphatic heterocycles. The normalized spacial score (nSPS) is 15.0. The van der Waals surface area contributed by atoms with Crippen molar-refractivity contribution in [2.75, 3.05) is 13.1 Å². The highest BCUT2D eigenvalue weighted by Crippen LogP contribution is 2.24. The van der Waals surface area contributed by atoms with Crippen molar-refractivity contribution in [3.8, 4) is 5.75 Å². The summed E-state index contributed by atoms with van der Waals surface area (Å²) < 4.78 is 5.77. The molecule has 0 aliphatic carbocycles. The molecule has 0 spiro atoms. The maximum absolute atomic E-state index is 12.7. The van der Waals surface area contributed by atoms with Crippen LogP contribution in [-0.2, 0) is 6.61 Å². The molecule has 1 amide bonds. The van der Waals surface area contributed by atoms with Gasteiger partial charge in [-0.05, 0) is 42.7 Å². The van der Waals surface area contributed by atoms with Gasteiger partial charge in [0.05, 0.1) is 5.02 Å². The molecule has 0 N–H and O–H groups in total. The van der Waals surface area contributed by atoms with Gasteiger partial charge in [0, 0.05) is 18.7 Å². The fourth-order valence-corrected chi connectivity index (χ4v) is 3.16. The summed E-state index contributed by atoms with van der Waals surface area (Å²) in [5.41, 5.74) is 1.70. The van der Waals surface area contributed by atoms with Crippen LogP contribution in [0.15, 0.2) is 48.5 Å². The van der Waals surface area contributed by atoms with Crippen LogP contribution in [0.3, 0.4) is 0 Å². The van der Waals surface area contributed by atoms with Gasteiger partial charge in [0.1, 0.15) is 12.4 Å². The highest BCUT2D eigenvalue weighted by atomic mass is 35.5. The first-order chi connectivity index (χ1) is 11.7. The van der Waals surface area contributed by atoms with E-state index in [0.29, 0.717) is 17.4 Å². The summed E-state index contributed by atoms with van der Waals surface area (Å²) in [5.74, 6) is 0.778. The predicted octanol–water partition coefficient (Wildman–Crippen LogP) is 4.94. The van der Waals surface area contributed by atoms with Crippen LogP contribution in [0.1, 0.15) is 41.6 Å². The summed E-state index contributed by atoms with van der Waals surface area (Å²) in [6.45, 7) is 2.11. The molecule has 0 bridgehead atoms. The summed E-state index contributed by atoms with van der Waals surface area (Å²) >= 11 is 6.10. The Kier molecular flexibility index (Phi) is 5.76. The van der Waals surface area contributed by atoms with E-state index < -0.39 is 0 Å². The van der Waals surface area contributed by atoms with Gasteiger partial charge in [0.25, 0.3) is 5.91 Å². The van der Waals surface area contributed by atoms with Crippen molar-refractivity contribution in [3.63, 3.8) is 0 Å². The molecule has 3 nitrogen and oxygen atoms in total. The summed E-state index contributed by atoms with van der Waals surface area (Å²) in [4.78, 5) is 14.7. The fraction of sp³-hybridized carbons (Fsp3) is 0.350. The maximum Gasteiger partial charge on any atom is 0.253 e. The first-order valence-electron chi connectivity index (χ1n) is 8.49. The van der Waals surface area contributed by atoms with Crippen molar-refractivity contribution in [1.29, 1.82) is 0 Å². The lowest BCUT2D eigenvalue weighted by atomic mass is 10.1. The number of benzene rings is 2. The molecule has 1 saturated heterocycles. The van der Waals surface area contributed by atoms with Gasteiger partial charge >= 0.3 is 0 Å². The lowest BCUT2D eigenvalue weighted by Crippen LogP contribution is -2.31. The van der Waals surface area contributed by atoms with Crippen LogP contribution >= 0.6 is 11.6 Å². The Morgan fingerprint density at radius 2 is 1.75 bits per heavy atom. The van der Waals surface area contributed by atoms with Gasteiger partial charge in [0.2, 0.25) is 0 Å². The zero-order valence-electron chi connectivity index (χ0n) is 13.7. The Morgan fingerprint density at radius 1 is 1.00 bits per heavy atom. The van der Waals surface area contributed by atoms with Crippen molar-refractivity contribution in [2.45, 2.75) is 32.3 Å². The van der Waals surface area contributed by atoms with Crippen LogP contribution in [0.4, 0.5) is 0 Å². The Morgan fingerprint density at radius 3 is 2.50 bits per heavy atom. The van der Waals surface area contributed by atoms with E-state index in [2.05, 4.69) is 0 Å². The Hall–Kier alpha value is -2.00. The quantitative estimate of drug-likeness (QED) is 0.787. The molecule has 2 aromatic rings. The SMILES string of the molecule is O=C(c1cccc(COc2ccccc2Cl)c1)N1CCCCCC1. The molecule has 1 fully saturated rings. The van der Waals surface area contributed by atoms with Crippen LogP contribution in [0, 0.1) is 0 Å². The third-order valence-corrected chi connectivity index (χ3v) is 4.61. The molecular weight excluding hydrogens is 322 g/mol. The smallest absolute Gasteiger partial charge is 0.253 e. The molecule has 0 aromatic heterocycles. The second-order valence-electron chi connectivity index (χ2n) is 6.13. The third kappa shape index (κ3) is 4.30. The number of halogens is 1. The van der Waals surface area contributed by atoms with Crippen LogP contribution in [0.25, 0.3) is 0 Å². The molecule has 3 rings (SSSR count). The largest absolute Gasteiger partial charge is 0.487 e. The number of carbonyl (C=O) groups excluding carboxylic acids is 1. The number of nitrogens with zero attached hydrogens (tertiary/aromatic N) is 1. The van der Waals surface area contributed by atoms with E-state index in [4.69, 9.17) is 16.3 Å². The molecule has 0 unspecified atom stereocenters. The maximum atomic E-state index is 12.7. The number of carbonyl (C=O) groups is 1. The number of hydrogen-bond acceptors (Lipinski definition) is 2. The highest BCUT2D eigenvalue weighted by molar-refractivity contribution is 6.32. The van der Waals surface area contributed by atoms with E-state index in [-0.39, 0.29) is 5.91 Å². The second kappa shape index (κ2) is 8.20. The van der Waals surface area contributed by atoms with Crippen LogP contribution in [0.5, 0.6) is 5.75 Å². The first-order valence-corrected chi connectivity index (χ1v) is 8.87. The van der Waals surface area contributed by atoms with E-state index >= 15 is 0 Å². The molecule has 24 heavy (non-hydrogen) atoms. The summed E-state index contributed by atoms with van der Waals surface area (Å²) in [6.07, 6.45) is 4.63. The molecule has 4 heteroatoms. The van der Waals surface area contributed by atoms with Crippen molar-refractivity contribution >= 4 is 17.5 Å². The highest BCUT2D eigenvalue weighted by Gasteiger charge is 2.17. The number of amides is 1. The summed E-state index contributed by atoms with van der Waals surface area (Å²) in [5, 5.41) is 0.592. The standard InChI is InChI=1S/C20H22ClNO2/c21-18-10-3-4-11-19(18)24-15-16-8-7-9-17(14-16)20(23)22-12-5-1-2-6-13-22/h3-4,7-11,14H,1-2,5-6,12-13,15H2. The Labute approximate surface area is 148 Å². The molecule has 2 aromatic carbocycles. The first kappa shape index (κ1) is 16.8. The lowest BCUT2D eigenvalue weighted by molar-refractivity contribution is 0.0761. The van der Waals surface area contributed by atoms with Gasteiger partial charge in [0.15, 0.2) is 0 Å². The number of hydrogen-bond donors (Lipinski definition) is 0. The molecule has 0 radical (unpaired) electrons. The van der Waals surface area contributed by atoms with Crippen LogP contribution < -0.4 is 4.74 Å². The second-order valence-corrected chi connectivity index (χ2v) is 6.53. The van der Waals surface area contributed by atoms with Gasteiger partial charge < -0.3 is 9.64 Å². The number of rotatable bonds is 4. The number of ether oxygens (including phenoxy) is 1. The van der Waals surface area contributed by atoms with E-state index in [1.807, 2.05) is 47.4 Å². The minimum atomic E-state index is 0.122. The molecule has 0 saturated carbocycles. The average molecular weight is 344 g/mol. The van der Waals surface area contributed by atoms with Crippen molar-refractivity contribution < 1.29 is 9.53 Å². The lowest BCUT2D eigenvalue weighted by Gasteiger charge is -2.20. The minimum absolute atomic E-state index is 0.122. The molecule has 0 atom stereocenters. The molecular formula is C20H22ClNO2. The van der Waals surface area contributed by atoms with E-state index in [1.54, 1.807) is 6.07 Å². The molecule has 1 aliphatic rings.